The first-order chi connectivity index (χ1) is 9.48. The molecular weight excluding hydrogens is 290 g/mol. The lowest BCUT2D eigenvalue weighted by atomic mass is 10.2. The molecule has 0 bridgehead atoms. The molecule has 106 valence electrons. The molecule has 5 heteroatoms. The maximum Gasteiger partial charge on any atom is 0.236 e. The fraction of sp³-hybridized carbons (Fsp3) is 0.200. The molecule has 0 saturated carbocycles. The fourth-order valence-electron chi connectivity index (χ4n) is 1.90. The van der Waals surface area contributed by atoms with Gasteiger partial charge in [0.1, 0.15) is 0 Å². The average Bonchev–Trinajstić information content (AvgIpc) is 2.38. The van der Waals surface area contributed by atoms with Gasteiger partial charge in [-0.1, -0.05) is 29.8 Å². The third-order valence-electron chi connectivity index (χ3n) is 2.80. The van der Waals surface area contributed by atoms with Gasteiger partial charge in [-0.15, -0.1) is 11.8 Å². The van der Waals surface area contributed by atoms with Gasteiger partial charge >= 0.3 is 0 Å². The van der Waals surface area contributed by atoms with E-state index in [0.717, 1.165) is 16.0 Å². The van der Waals surface area contributed by atoms with Gasteiger partial charge in [-0.3, -0.25) is 4.72 Å². The number of benzene rings is 2. The summed E-state index contributed by atoms with van der Waals surface area (Å²) in [7, 11) is -3.38. The van der Waals surface area contributed by atoms with E-state index in [1.165, 1.54) is 0 Å². The number of nitrogens with one attached hydrogen (secondary N) is 1. The first-order valence-electron chi connectivity index (χ1n) is 6.18. The van der Waals surface area contributed by atoms with Crippen LogP contribution in [0.4, 0.5) is 5.69 Å². The number of hydrogen-bond acceptors (Lipinski definition) is 3. The van der Waals surface area contributed by atoms with Crippen molar-refractivity contribution >= 4 is 27.5 Å². The van der Waals surface area contributed by atoms with Gasteiger partial charge in [-0.2, -0.15) is 0 Å². The molecule has 0 aliphatic heterocycles. The molecule has 20 heavy (non-hydrogen) atoms. The van der Waals surface area contributed by atoms with Crippen LogP contribution >= 0.6 is 11.8 Å². The summed E-state index contributed by atoms with van der Waals surface area (Å²) in [5.41, 5.74) is 2.44. The van der Waals surface area contributed by atoms with E-state index in [1.807, 2.05) is 49.6 Å². The summed E-state index contributed by atoms with van der Waals surface area (Å²) >= 11 is 1.62. The number of thioether (sulfide) groups is 1. The molecule has 0 amide bonds. The molecule has 2 rings (SSSR count). The van der Waals surface area contributed by atoms with E-state index in [-0.39, 0.29) is 5.75 Å². The zero-order chi connectivity index (χ0) is 14.6. The third kappa shape index (κ3) is 4.28. The zero-order valence-electron chi connectivity index (χ0n) is 11.5. The normalized spacial score (nSPS) is 11.3. The highest BCUT2D eigenvalue weighted by atomic mass is 32.2. The minimum atomic E-state index is -3.38. The van der Waals surface area contributed by atoms with Crippen molar-refractivity contribution in [3.63, 3.8) is 0 Å². The first kappa shape index (κ1) is 14.9. The van der Waals surface area contributed by atoms with Crippen LogP contribution in [0, 0.1) is 6.92 Å². The fourth-order valence-corrected chi connectivity index (χ4v) is 3.49. The molecule has 0 unspecified atom stereocenters. The van der Waals surface area contributed by atoms with Crippen molar-refractivity contribution in [2.75, 3.05) is 11.0 Å². The lowest BCUT2D eigenvalue weighted by Gasteiger charge is -2.09. The van der Waals surface area contributed by atoms with Crippen molar-refractivity contribution in [2.45, 2.75) is 17.6 Å². The standard InChI is InChI=1S/C15H17NO2S2/c1-12-4-3-5-13(10-12)11-20(17,18)16-14-6-8-15(19-2)9-7-14/h3-10,16H,11H2,1-2H3. The van der Waals surface area contributed by atoms with Crippen molar-refractivity contribution in [2.24, 2.45) is 0 Å². The monoisotopic (exact) mass is 307 g/mol. The summed E-state index contributed by atoms with van der Waals surface area (Å²) in [6, 6.07) is 14.9. The molecule has 2 aromatic rings. The minimum absolute atomic E-state index is 0.0149. The molecule has 0 aliphatic carbocycles. The largest absolute Gasteiger partial charge is 0.283 e. The Labute approximate surface area is 124 Å². The third-order valence-corrected chi connectivity index (χ3v) is 4.81. The smallest absolute Gasteiger partial charge is 0.236 e. The summed E-state index contributed by atoms with van der Waals surface area (Å²) in [5.74, 6) is -0.0149. The van der Waals surface area contributed by atoms with Gasteiger partial charge in [0.05, 0.1) is 5.75 Å². The Balaban J connectivity index is 2.10. The van der Waals surface area contributed by atoms with Gasteiger partial charge in [0.25, 0.3) is 0 Å². The first-order valence-corrected chi connectivity index (χ1v) is 9.06. The van der Waals surface area contributed by atoms with E-state index in [1.54, 1.807) is 23.9 Å². The molecule has 0 fully saturated rings. The van der Waals surface area contributed by atoms with E-state index in [2.05, 4.69) is 4.72 Å². The van der Waals surface area contributed by atoms with Gasteiger partial charge in [-0.25, -0.2) is 8.42 Å². The van der Waals surface area contributed by atoms with Gasteiger partial charge in [0.15, 0.2) is 0 Å². The Morgan fingerprint density at radius 3 is 2.40 bits per heavy atom. The van der Waals surface area contributed by atoms with Crippen molar-refractivity contribution in [3.8, 4) is 0 Å². The van der Waals surface area contributed by atoms with Crippen LogP contribution in [-0.2, 0) is 15.8 Å². The van der Waals surface area contributed by atoms with Crippen LogP contribution in [0.25, 0.3) is 0 Å². The number of aryl methyl sites for hydroxylation is 1. The van der Waals surface area contributed by atoms with E-state index >= 15 is 0 Å². The summed E-state index contributed by atoms with van der Waals surface area (Å²) in [4.78, 5) is 1.10. The zero-order valence-corrected chi connectivity index (χ0v) is 13.1. The van der Waals surface area contributed by atoms with Gasteiger partial charge in [-0.05, 0) is 43.0 Å². The lowest BCUT2D eigenvalue weighted by molar-refractivity contribution is 0.600. The van der Waals surface area contributed by atoms with Crippen LogP contribution < -0.4 is 4.72 Å². The second-order valence-corrected chi connectivity index (χ2v) is 7.18. The maximum atomic E-state index is 12.1. The van der Waals surface area contributed by atoms with Crippen LogP contribution in [0.1, 0.15) is 11.1 Å². The molecule has 3 nitrogen and oxygen atoms in total. The summed E-state index contributed by atoms with van der Waals surface area (Å²) < 4.78 is 26.8. The molecule has 2 aromatic carbocycles. The molecular formula is C15H17NO2S2. The number of sulfonamides is 1. The van der Waals surface area contributed by atoms with Crippen LogP contribution in [-0.4, -0.2) is 14.7 Å². The SMILES string of the molecule is CSc1ccc(NS(=O)(=O)Cc2cccc(C)c2)cc1. The highest BCUT2D eigenvalue weighted by Gasteiger charge is 2.11. The number of hydrogen-bond donors (Lipinski definition) is 1. The predicted octanol–water partition coefficient (Wildman–Crippen LogP) is 3.66. The van der Waals surface area contributed by atoms with Crippen LogP contribution in [0.2, 0.25) is 0 Å². The number of anilines is 1. The quantitative estimate of drug-likeness (QED) is 0.858. The Morgan fingerprint density at radius 1 is 1.10 bits per heavy atom. The van der Waals surface area contributed by atoms with Gasteiger partial charge < -0.3 is 0 Å². The van der Waals surface area contributed by atoms with Crippen LogP contribution in [0.15, 0.2) is 53.4 Å². The molecule has 0 heterocycles. The van der Waals surface area contributed by atoms with E-state index < -0.39 is 10.0 Å². The summed E-state index contributed by atoms with van der Waals surface area (Å²) in [6.45, 7) is 1.95. The molecule has 0 saturated heterocycles. The number of rotatable bonds is 5. The van der Waals surface area contributed by atoms with Crippen LogP contribution in [0.5, 0.6) is 0 Å². The second-order valence-electron chi connectivity index (χ2n) is 4.58. The molecule has 0 radical (unpaired) electrons. The molecule has 1 N–H and O–H groups in total. The summed E-state index contributed by atoms with van der Waals surface area (Å²) in [5, 5.41) is 0. The molecule has 0 spiro atoms. The van der Waals surface area contributed by atoms with Crippen molar-refractivity contribution in [1.29, 1.82) is 0 Å². The Morgan fingerprint density at radius 2 is 1.80 bits per heavy atom. The van der Waals surface area contributed by atoms with Crippen molar-refractivity contribution < 1.29 is 8.42 Å². The molecule has 0 aliphatic rings. The van der Waals surface area contributed by atoms with Gasteiger partial charge in [0, 0.05) is 10.6 Å². The second kappa shape index (κ2) is 6.33. The Bertz CT molecular complexity index is 679. The van der Waals surface area contributed by atoms with E-state index in [4.69, 9.17) is 0 Å². The summed E-state index contributed by atoms with van der Waals surface area (Å²) in [6.07, 6.45) is 1.98. The predicted molar refractivity (Wildman–Crippen MR) is 85.6 cm³/mol. The van der Waals surface area contributed by atoms with Gasteiger partial charge in [0.2, 0.25) is 10.0 Å². The van der Waals surface area contributed by atoms with Crippen LogP contribution in [0.3, 0.4) is 0 Å². The highest BCUT2D eigenvalue weighted by molar-refractivity contribution is 7.98. The molecule has 0 aromatic heterocycles. The van der Waals surface area contributed by atoms with E-state index in [0.29, 0.717) is 5.69 Å². The average molecular weight is 307 g/mol. The maximum absolute atomic E-state index is 12.1. The van der Waals surface area contributed by atoms with Crippen molar-refractivity contribution in [1.82, 2.24) is 0 Å². The highest BCUT2D eigenvalue weighted by Crippen LogP contribution is 2.19. The van der Waals surface area contributed by atoms with E-state index in [9.17, 15) is 8.42 Å². The van der Waals surface area contributed by atoms with Crippen molar-refractivity contribution in [3.05, 3.63) is 59.7 Å². The Kier molecular flexibility index (Phi) is 4.73. The lowest BCUT2D eigenvalue weighted by Crippen LogP contribution is -2.15. The molecule has 0 atom stereocenters. The topological polar surface area (TPSA) is 46.2 Å². The Hall–Kier alpha value is -1.46. The minimum Gasteiger partial charge on any atom is -0.283 e.